The molecule has 0 spiro atoms. The van der Waals surface area contributed by atoms with Gasteiger partial charge in [0, 0.05) is 17.1 Å². The smallest absolute Gasteiger partial charge is 0.483 e. The van der Waals surface area contributed by atoms with Gasteiger partial charge in [0.05, 0.1) is 6.04 Å². The van der Waals surface area contributed by atoms with Crippen molar-refractivity contribution >= 4 is 33.6 Å². The van der Waals surface area contributed by atoms with Crippen LogP contribution in [-0.2, 0) is 32.6 Å². The van der Waals surface area contributed by atoms with Crippen LogP contribution in [0.5, 0.6) is 5.75 Å². The van der Waals surface area contributed by atoms with Gasteiger partial charge in [-0.15, -0.1) is 0 Å². The molecular weight excluding hydrogens is 561 g/mol. The van der Waals surface area contributed by atoms with Crippen LogP contribution in [0, 0.1) is 0 Å². The number of sulfonamides is 1. The predicted octanol–water partition coefficient (Wildman–Crippen LogP) is 4.97. The number of carbonyl (C=O) groups excluding carboxylic acids is 2. The Kier molecular flexibility index (Phi) is 8.36. The first kappa shape index (κ1) is 28.2. The van der Waals surface area contributed by atoms with Gasteiger partial charge in [-0.2, -0.15) is 21.6 Å². The molecule has 8 nitrogen and oxygen atoms in total. The Bertz CT molecular complexity index is 1470. The molecule has 13 heteroatoms. The number of rotatable bonds is 7. The highest BCUT2D eigenvalue weighted by Crippen LogP contribution is 2.41. The summed E-state index contributed by atoms with van der Waals surface area (Å²) in [6.45, 7) is -0.750. The van der Waals surface area contributed by atoms with Crippen molar-refractivity contribution in [3.05, 3.63) is 100 Å². The highest BCUT2D eigenvalue weighted by Gasteiger charge is 2.47. The van der Waals surface area contributed by atoms with Gasteiger partial charge in [0.15, 0.2) is 6.61 Å². The molecule has 0 saturated carbocycles. The van der Waals surface area contributed by atoms with E-state index in [1.807, 2.05) is 48.5 Å². The summed E-state index contributed by atoms with van der Waals surface area (Å²) in [4.78, 5) is 26.7. The van der Waals surface area contributed by atoms with Crippen molar-refractivity contribution < 1.29 is 40.7 Å². The van der Waals surface area contributed by atoms with Crippen LogP contribution in [0.2, 0.25) is 5.02 Å². The second-order valence-electron chi connectivity index (χ2n) is 8.53. The van der Waals surface area contributed by atoms with E-state index in [4.69, 9.17) is 21.1 Å². The number of alkyl halides is 3. The minimum absolute atomic E-state index is 0.0153. The summed E-state index contributed by atoms with van der Waals surface area (Å²) in [7, 11) is -5.90. The fourth-order valence-corrected chi connectivity index (χ4v) is 4.80. The summed E-state index contributed by atoms with van der Waals surface area (Å²) in [5.74, 6) is -1.52. The molecule has 39 heavy (non-hydrogen) atoms. The molecule has 1 aliphatic heterocycles. The lowest BCUT2D eigenvalue weighted by atomic mass is 9.88. The Morgan fingerprint density at radius 3 is 2.41 bits per heavy atom. The third-order valence-electron chi connectivity index (χ3n) is 5.90. The maximum atomic E-state index is 13.3. The Hall–Kier alpha value is -3.77. The Morgan fingerprint density at radius 2 is 1.69 bits per heavy atom. The molecule has 1 atom stereocenters. The topological polar surface area (TPSA) is 102 Å². The minimum Gasteiger partial charge on any atom is -0.483 e. The summed E-state index contributed by atoms with van der Waals surface area (Å²) in [6, 6.07) is 20.0. The molecule has 2 amide bonds. The van der Waals surface area contributed by atoms with Crippen molar-refractivity contribution in [1.29, 1.82) is 0 Å². The number of amides is 2. The van der Waals surface area contributed by atoms with E-state index in [9.17, 15) is 31.2 Å². The second kappa shape index (κ2) is 11.5. The zero-order chi connectivity index (χ0) is 28.2. The molecule has 0 bridgehead atoms. The normalized spacial score (nSPS) is 15.3. The SMILES string of the molecule is O=C(COc1ccc(Cl)cc1[C@@H]1c2ccccc2CCN1C(=O)OCc1ccccc1)NS(=O)(=O)C(F)(F)F. The monoisotopic (exact) mass is 582 g/mol. The molecule has 0 unspecified atom stereocenters. The van der Waals surface area contributed by atoms with Gasteiger partial charge >= 0.3 is 21.6 Å². The van der Waals surface area contributed by atoms with E-state index >= 15 is 0 Å². The van der Waals surface area contributed by atoms with Crippen LogP contribution in [0.1, 0.15) is 28.3 Å². The van der Waals surface area contributed by atoms with Gasteiger partial charge in [-0.25, -0.2) is 9.52 Å². The zero-order valence-electron chi connectivity index (χ0n) is 20.2. The lowest BCUT2D eigenvalue weighted by molar-refractivity contribution is -0.122. The van der Waals surface area contributed by atoms with Crippen LogP contribution in [0.3, 0.4) is 0 Å². The molecule has 1 heterocycles. The average molecular weight is 583 g/mol. The number of halogens is 4. The van der Waals surface area contributed by atoms with Gasteiger partial charge in [-0.1, -0.05) is 66.2 Å². The van der Waals surface area contributed by atoms with Crippen LogP contribution in [0.15, 0.2) is 72.8 Å². The van der Waals surface area contributed by atoms with Crippen molar-refractivity contribution in [1.82, 2.24) is 9.62 Å². The Balaban J connectivity index is 1.62. The molecule has 1 aliphatic rings. The number of ether oxygens (including phenoxy) is 2. The van der Waals surface area contributed by atoms with E-state index in [1.165, 1.54) is 23.1 Å². The van der Waals surface area contributed by atoms with Crippen LogP contribution >= 0.6 is 11.6 Å². The van der Waals surface area contributed by atoms with Crippen molar-refractivity contribution in [2.45, 2.75) is 24.6 Å². The highest BCUT2D eigenvalue weighted by molar-refractivity contribution is 7.90. The molecule has 3 aromatic rings. The molecule has 0 aromatic heterocycles. The maximum absolute atomic E-state index is 13.3. The largest absolute Gasteiger partial charge is 0.516 e. The van der Waals surface area contributed by atoms with E-state index in [0.717, 1.165) is 21.4 Å². The van der Waals surface area contributed by atoms with E-state index in [0.29, 0.717) is 12.0 Å². The molecule has 3 aromatic carbocycles. The molecule has 0 radical (unpaired) electrons. The van der Waals surface area contributed by atoms with Gasteiger partial charge < -0.3 is 9.47 Å². The summed E-state index contributed by atoms with van der Waals surface area (Å²) in [5, 5.41) is 0.266. The molecule has 1 N–H and O–H groups in total. The van der Waals surface area contributed by atoms with Crippen LogP contribution in [0.25, 0.3) is 0 Å². The lowest BCUT2D eigenvalue weighted by Gasteiger charge is -2.37. The molecule has 0 fully saturated rings. The predicted molar refractivity (Wildman–Crippen MR) is 135 cm³/mol. The summed E-state index contributed by atoms with van der Waals surface area (Å²) < 4.78 is 72.4. The lowest BCUT2D eigenvalue weighted by Crippen LogP contribution is -2.42. The molecule has 0 aliphatic carbocycles. The maximum Gasteiger partial charge on any atom is 0.516 e. The van der Waals surface area contributed by atoms with Gasteiger partial charge in [0.25, 0.3) is 5.91 Å². The first-order valence-corrected chi connectivity index (χ1v) is 13.4. The minimum atomic E-state index is -5.90. The molecular formula is C26H22ClF3N2O6S. The van der Waals surface area contributed by atoms with Crippen LogP contribution in [-0.4, -0.2) is 44.0 Å². The standard InChI is InChI=1S/C26H22ClF3N2O6S/c27-19-10-11-22(37-16-23(33)31-39(35,36)26(28,29)30)21(14-19)24-20-9-5-4-8-18(20)12-13-32(24)25(34)38-15-17-6-2-1-3-7-17/h1-11,14,24H,12-13,15-16H2,(H,31,33)/t24-/m0/s1. The van der Waals surface area contributed by atoms with Crippen molar-refractivity contribution in [2.24, 2.45) is 0 Å². The first-order chi connectivity index (χ1) is 18.5. The average Bonchev–Trinajstić information content (AvgIpc) is 2.90. The Labute approximate surface area is 227 Å². The third-order valence-corrected chi connectivity index (χ3v) is 7.24. The Morgan fingerprint density at radius 1 is 1.00 bits per heavy atom. The number of carbonyl (C=O) groups is 2. The number of nitrogens with one attached hydrogen (secondary N) is 1. The van der Waals surface area contributed by atoms with Crippen molar-refractivity contribution in [2.75, 3.05) is 13.2 Å². The second-order valence-corrected chi connectivity index (χ2v) is 10.6. The van der Waals surface area contributed by atoms with Gasteiger partial charge in [0.2, 0.25) is 0 Å². The number of hydrogen-bond acceptors (Lipinski definition) is 6. The van der Waals surface area contributed by atoms with Gasteiger partial charge in [0.1, 0.15) is 12.4 Å². The van der Waals surface area contributed by atoms with E-state index < -0.39 is 40.2 Å². The highest BCUT2D eigenvalue weighted by atomic mass is 35.5. The summed E-state index contributed by atoms with van der Waals surface area (Å²) in [6.07, 6.45) is -0.0972. The first-order valence-electron chi connectivity index (χ1n) is 11.6. The summed E-state index contributed by atoms with van der Waals surface area (Å²) in [5.41, 5.74) is -2.88. The molecule has 206 valence electrons. The van der Waals surface area contributed by atoms with Gasteiger partial charge in [-0.3, -0.25) is 9.69 Å². The van der Waals surface area contributed by atoms with Crippen LogP contribution in [0.4, 0.5) is 18.0 Å². The number of nitrogens with zero attached hydrogens (tertiary/aromatic N) is 1. The molecule has 4 rings (SSSR count). The van der Waals surface area contributed by atoms with Gasteiger partial charge in [-0.05, 0) is 41.3 Å². The number of hydrogen-bond donors (Lipinski definition) is 1. The van der Waals surface area contributed by atoms with E-state index in [2.05, 4.69) is 0 Å². The number of fused-ring (bicyclic) bond motifs is 1. The van der Waals surface area contributed by atoms with Crippen molar-refractivity contribution in [3.63, 3.8) is 0 Å². The summed E-state index contributed by atoms with van der Waals surface area (Å²) >= 11 is 6.26. The zero-order valence-corrected chi connectivity index (χ0v) is 21.7. The fourth-order valence-electron chi connectivity index (χ4n) is 4.15. The van der Waals surface area contributed by atoms with E-state index in [1.54, 1.807) is 6.07 Å². The molecule has 0 saturated heterocycles. The fraction of sp³-hybridized carbons (Fsp3) is 0.231. The van der Waals surface area contributed by atoms with Crippen LogP contribution < -0.4 is 9.46 Å². The number of benzene rings is 3. The van der Waals surface area contributed by atoms with Crippen molar-refractivity contribution in [3.8, 4) is 5.75 Å². The van der Waals surface area contributed by atoms with E-state index in [-0.39, 0.29) is 23.9 Å². The third kappa shape index (κ3) is 6.63. The quantitative estimate of drug-likeness (QED) is 0.422.